The number of nitro groups is 1. The van der Waals surface area contributed by atoms with Gasteiger partial charge in [-0.25, -0.2) is 4.98 Å². The van der Waals surface area contributed by atoms with Crippen molar-refractivity contribution in [1.29, 1.82) is 5.26 Å². The standard InChI is InChI=1S/C12H15N5O4/c1-21-5-4-14-11(18)2-3-15-12-10(17(19)20)6-9(7-13)8-16-12/h6,8H,2-5H2,1H3,(H,14,18)(H,15,16). The highest BCUT2D eigenvalue weighted by Crippen LogP contribution is 2.22. The van der Waals surface area contributed by atoms with Gasteiger partial charge in [0, 0.05) is 38.9 Å². The topological polar surface area (TPSA) is 130 Å². The number of aromatic nitrogens is 1. The van der Waals surface area contributed by atoms with Crippen molar-refractivity contribution in [2.75, 3.05) is 32.1 Å². The van der Waals surface area contributed by atoms with Crippen LogP contribution in [-0.2, 0) is 9.53 Å². The number of ether oxygens (including phenoxy) is 1. The molecule has 1 aromatic heterocycles. The number of carbonyl (C=O) groups excluding carboxylic acids is 1. The molecule has 0 aliphatic carbocycles. The first kappa shape index (κ1) is 16.3. The van der Waals surface area contributed by atoms with E-state index in [-0.39, 0.29) is 35.9 Å². The monoisotopic (exact) mass is 293 g/mol. The predicted octanol–water partition coefficient (Wildman–Crippen LogP) is 0.426. The highest BCUT2D eigenvalue weighted by Gasteiger charge is 2.16. The van der Waals surface area contributed by atoms with Crippen molar-refractivity contribution in [2.45, 2.75) is 6.42 Å². The molecule has 0 aliphatic heterocycles. The molecule has 0 radical (unpaired) electrons. The summed E-state index contributed by atoms with van der Waals surface area (Å²) in [6.45, 7) is 1.02. The van der Waals surface area contributed by atoms with Crippen LogP contribution < -0.4 is 10.6 Å². The number of methoxy groups -OCH3 is 1. The maximum atomic E-state index is 11.4. The fraction of sp³-hybridized carbons (Fsp3) is 0.417. The van der Waals surface area contributed by atoms with Gasteiger partial charge in [-0.3, -0.25) is 14.9 Å². The minimum Gasteiger partial charge on any atom is -0.383 e. The largest absolute Gasteiger partial charge is 0.383 e. The molecule has 0 unspecified atom stereocenters. The zero-order valence-electron chi connectivity index (χ0n) is 11.5. The Morgan fingerprint density at radius 2 is 2.33 bits per heavy atom. The second kappa shape index (κ2) is 8.44. The summed E-state index contributed by atoms with van der Waals surface area (Å²) in [7, 11) is 1.53. The van der Waals surface area contributed by atoms with Gasteiger partial charge in [-0.05, 0) is 0 Å². The van der Waals surface area contributed by atoms with Crippen LogP contribution in [0.15, 0.2) is 12.3 Å². The second-order valence-electron chi connectivity index (χ2n) is 3.98. The van der Waals surface area contributed by atoms with E-state index in [4.69, 9.17) is 10.00 Å². The molecule has 0 saturated heterocycles. The Labute approximate surface area is 121 Å². The molecule has 9 nitrogen and oxygen atoms in total. The van der Waals surface area contributed by atoms with Crippen LogP contribution in [-0.4, -0.2) is 42.6 Å². The van der Waals surface area contributed by atoms with Crippen LogP contribution in [0.4, 0.5) is 11.5 Å². The van der Waals surface area contributed by atoms with Gasteiger partial charge in [-0.1, -0.05) is 0 Å². The lowest BCUT2D eigenvalue weighted by Gasteiger charge is -2.07. The van der Waals surface area contributed by atoms with Gasteiger partial charge in [0.05, 0.1) is 17.1 Å². The summed E-state index contributed by atoms with van der Waals surface area (Å²) in [6.07, 6.45) is 1.37. The van der Waals surface area contributed by atoms with Gasteiger partial charge in [0.1, 0.15) is 6.07 Å². The number of pyridine rings is 1. The van der Waals surface area contributed by atoms with Gasteiger partial charge in [-0.2, -0.15) is 5.26 Å². The van der Waals surface area contributed by atoms with Gasteiger partial charge in [0.2, 0.25) is 11.7 Å². The van der Waals surface area contributed by atoms with Crippen molar-refractivity contribution < 1.29 is 14.5 Å². The first-order chi connectivity index (χ1) is 10.1. The molecule has 2 N–H and O–H groups in total. The van der Waals surface area contributed by atoms with Crippen LogP contribution >= 0.6 is 0 Å². The molecule has 0 saturated carbocycles. The number of hydrogen-bond donors (Lipinski definition) is 2. The third kappa shape index (κ3) is 5.42. The van der Waals surface area contributed by atoms with Gasteiger partial charge < -0.3 is 15.4 Å². The summed E-state index contributed by atoms with van der Waals surface area (Å²) in [6, 6.07) is 2.91. The van der Waals surface area contributed by atoms with Gasteiger partial charge in [-0.15, -0.1) is 0 Å². The molecule has 0 aliphatic rings. The first-order valence-electron chi connectivity index (χ1n) is 6.12. The minimum atomic E-state index is -0.630. The highest BCUT2D eigenvalue weighted by atomic mass is 16.6. The van der Waals surface area contributed by atoms with E-state index in [1.807, 2.05) is 0 Å². The van der Waals surface area contributed by atoms with Crippen molar-refractivity contribution in [3.05, 3.63) is 27.9 Å². The summed E-state index contributed by atoms with van der Waals surface area (Å²) in [5.74, 6) is -0.167. The van der Waals surface area contributed by atoms with E-state index in [9.17, 15) is 14.9 Å². The lowest BCUT2D eigenvalue weighted by atomic mass is 10.2. The van der Waals surface area contributed by atoms with Gasteiger partial charge >= 0.3 is 5.69 Å². The SMILES string of the molecule is COCCNC(=O)CCNc1ncc(C#N)cc1[N+](=O)[O-]. The lowest BCUT2D eigenvalue weighted by Crippen LogP contribution is -2.28. The van der Waals surface area contributed by atoms with Gasteiger partial charge in [0.25, 0.3) is 0 Å². The van der Waals surface area contributed by atoms with Crippen LogP contribution in [0.3, 0.4) is 0 Å². The molecule has 21 heavy (non-hydrogen) atoms. The Kier molecular flexibility index (Phi) is 6.56. The van der Waals surface area contributed by atoms with Crippen molar-refractivity contribution in [1.82, 2.24) is 10.3 Å². The third-order valence-corrected chi connectivity index (χ3v) is 2.47. The summed E-state index contributed by atoms with van der Waals surface area (Å²) in [4.78, 5) is 25.5. The lowest BCUT2D eigenvalue weighted by molar-refractivity contribution is -0.384. The zero-order chi connectivity index (χ0) is 15.7. The van der Waals surface area contributed by atoms with Crippen molar-refractivity contribution in [2.24, 2.45) is 0 Å². The third-order valence-electron chi connectivity index (χ3n) is 2.47. The molecule has 112 valence electrons. The summed E-state index contributed by atoms with van der Waals surface area (Å²) >= 11 is 0. The van der Waals surface area contributed by atoms with Crippen LogP contribution in [0.5, 0.6) is 0 Å². The number of rotatable bonds is 8. The molecule has 9 heteroatoms. The summed E-state index contributed by atoms with van der Waals surface area (Å²) in [5, 5.41) is 24.9. The van der Waals surface area contributed by atoms with Crippen LogP contribution in [0.1, 0.15) is 12.0 Å². The fourth-order valence-electron chi connectivity index (χ4n) is 1.47. The van der Waals surface area contributed by atoms with E-state index >= 15 is 0 Å². The number of hydrogen-bond acceptors (Lipinski definition) is 7. The Balaban J connectivity index is 2.54. The van der Waals surface area contributed by atoms with E-state index in [0.717, 1.165) is 6.07 Å². The molecular formula is C12H15N5O4. The number of carbonyl (C=O) groups is 1. The molecule has 1 amide bonds. The van der Waals surface area contributed by atoms with E-state index in [1.54, 1.807) is 6.07 Å². The molecule has 0 bridgehead atoms. The Hall–Kier alpha value is -2.73. The van der Waals surface area contributed by atoms with E-state index in [2.05, 4.69) is 15.6 Å². The molecule has 0 atom stereocenters. The average Bonchev–Trinajstić information content (AvgIpc) is 2.47. The summed E-state index contributed by atoms with van der Waals surface area (Å²) in [5.41, 5.74) is -0.196. The van der Waals surface area contributed by atoms with Crippen molar-refractivity contribution >= 4 is 17.4 Å². The van der Waals surface area contributed by atoms with E-state index in [1.165, 1.54) is 13.3 Å². The number of nitrogens with one attached hydrogen (secondary N) is 2. The van der Waals surface area contributed by atoms with Crippen LogP contribution in [0.25, 0.3) is 0 Å². The number of amides is 1. The normalized spacial score (nSPS) is 9.71. The minimum absolute atomic E-state index is 0.0312. The quantitative estimate of drug-likeness (QED) is 0.403. The van der Waals surface area contributed by atoms with Crippen molar-refractivity contribution in [3.8, 4) is 6.07 Å². The fourth-order valence-corrected chi connectivity index (χ4v) is 1.47. The zero-order valence-corrected chi connectivity index (χ0v) is 11.5. The molecule has 0 aromatic carbocycles. The number of nitrogens with zero attached hydrogens (tertiary/aromatic N) is 3. The van der Waals surface area contributed by atoms with Crippen molar-refractivity contribution in [3.63, 3.8) is 0 Å². The van der Waals surface area contributed by atoms with Gasteiger partial charge in [0.15, 0.2) is 0 Å². The Bertz CT molecular complexity index is 555. The Morgan fingerprint density at radius 3 is 2.95 bits per heavy atom. The Morgan fingerprint density at radius 1 is 1.57 bits per heavy atom. The molecule has 1 aromatic rings. The molecular weight excluding hydrogens is 278 g/mol. The smallest absolute Gasteiger partial charge is 0.312 e. The molecule has 1 rings (SSSR count). The molecule has 1 heterocycles. The van der Waals surface area contributed by atoms with Crippen LogP contribution in [0, 0.1) is 21.4 Å². The second-order valence-corrected chi connectivity index (χ2v) is 3.98. The predicted molar refractivity (Wildman–Crippen MR) is 73.6 cm³/mol. The van der Waals surface area contributed by atoms with E-state index < -0.39 is 4.92 Å². The average molecular weight is 293 g/mol. The summed E-state index contributed by atoms with van der Waals surface area (Å²) < 4.78 is 4.79. The molecule has 0 spiro atoms. The first-order valence-corrected chi connectivity index (χ1v) is 6.12. The molecule has 0 fully saturated rings. The van der Waals surface area contributed by atoms with E-state index in [0.29, 0.717) is 13.2 Å². The van der Waals surface area contributed by atoms with Crippen LogP contribution in [0.2, 0.25) is 0 Å². The highest BCUT2D eigenvalue weighted by molar-refractivity contribution is 5.76. The maximum absolute atomic E-state index is 11.4. The number of nitriles is 1. The number of anilines is 1. The maximum Gasteiger partial charge on any atom is 0.312 e.